The van der Waals surface area contributed by atoms with Crippen molar-refractivity contribution in [2.24, 2.45) is 7.05 Å². The van der Waals surface area contributed by atoms with Gasteiger partial charge in [-0.15, -0.1) is 0 Å². The van der Waals surface area contributed by atoms with E-state index in [2.05, 4.69) is 4.98 Å². The van der Waals surface area contributed by atoms with Crippen molar-refractivity contribution in [1.29, 1.82) is 0 Å². The average Bonchev–Trinajstić information content (AvgIpc) is 2.72. The highest BCUT2D eigenvalue weighted by Gasteiger charge is 2.28. The first-order valence-electron chi connectivity index (χ1n) is 7.99. The predicted octanol–water partition coefficient (Wildman–Crippen LogP) is 1.12. The zero-order chi connectivity index (χ0) is 17.5. The van der Waals surface area contributed by atoms with Gasteiger partial charge < -0.3 is 9.47 Å². The number of benzene rings is 1. The fourth-order valence-corrected chi connectivity index (χ4v) is 4.55. The summed E-state index contributed by atoms with van der Waals surface area (Å²) in [5.41, 5.74) is 1.58. The van der Waals surface area contributed by atoms with Crippen molar-refractivity contribution in [1.82, 2.24) is 18.8 Å². The highest BCUT2D eigenvalue weighted by Crippen LogP contribution is 2.23. The first kappa shape index (κ1) is 16.9. The minimum absolute atomic E-state index is 0.0142. The second-order valence-electron chi connectivity index (χ2n) is 6.13. The van der Waals surface area contributed by atoms with Gasteiger partial charge in [0, 0.05) is 40.2 Å². The van der Waals surface area contributed by atoms with Gasteiger partial charge in [-0.3, -0.25) is 4.79 Å². The number of amides is 1. The normalized spacial score (nSPS) is 17.2. The zero-order valence-corrected chi connectivity index (χ0v) is 15.0. The number of carbonyl (C=O) groups excluding carboxylic acids is 1. The van der Waals surface area contributed by atoms with E-state index in [0.717, 1.165) is 11.3 Å². The van der Waals surface area contributed by atoms with Crippen LogP contribution in [0.5, 0.6) is 0 Å². The summed E-state index contributed by atoms with van der Waals surface area (Å²) in [6.45, 7) is 5.17. The summed E-state index contributed by atoms with van der Waals surface area (Å²) in [6, 6.07) is 5.06. The predicted molar refractivity (Wildman–Crippen MR) is 91.1 cm³/mol. The highest BCUT2D eigenvalue weighted by atomic mass is 32.2. The second kappa shape index (κ2) is 6.18. The lowest BCUT2D eigenvalue weighted by Crippen LogP contribution is -2.36. The monoisotopic (exact) mass is 350 g/mol. The molecule has 7 nitrogen and oxygen atoms in total. The minimum Gasteiger partial charge on any atom is -0.342 e. The number of aromatic nitrogens is 2. The third-order valence-corrected chi connectivity index (χ3v) is 6.51. The first-order chi connectivity index (χ1) is 11.3. The van der Waals surface area contributed by atoms with Crippen LogP contribution in [0.1, 0.15) is 19.2 Å². The molecule has 1 aromatic heterocycles. The Morgan fingerprint density at radius 3 is 2.62 bits per heavy atom. The molecule has 1 saturated heterocycles. The maximum atomic E-state index is 12.9. The summed E-state index contributed by atoms with van der Waals surface area (Å²) in [5.74, 6) is 0.825. The molecule has 1 aromatic carbocycles. The molecular weight excluding hydrogens is 328 g/mol. The molecule has 0 N–H and O–H groups in total. The van der Waals surface area contributed by atoms with E-state index in [0.29, 0.717) is 38.1 Å². The summed E-state index contributed by atoms with van der Waals surface area (Å²) in [4.78, 5) is 17.9. The lowest BCUT2D eigenvalue weighted by Gasteiger charge is -2.21. The van der Waals surface area contributed by atoms with Crippen molar-refractivity contribution in [3.05, 3.63) is 24.0 Å². The average molecular weight is 350 g/mol. The smallest absolute Gasteiger partial charge is 0.243 e. The van der Waals surface area contributed by atoms with Gasteiger partial charge in [-0.2, -0.15) is 4.31 Å². The van der Waals surface area contributed by atoms with Gasteiger partial charge in [-0.05, 0) is 31.5 Å². The largest absolute Gasteiger partial charge is 0.342 e. The molecule has 0 spiro atoms. The second-order valence-corrected chi connectivity index (χ2v) is 8.07. The maximum Gasteiger partial charge on any atom is 0.243 e. The van der Waals surface area contributed by atoms with E-state index in [-0.39, 0.29) is 10.8 Å². The number of sulfonamides is 1. The molecule has 2 heterocycles. The molecule has 1 fully saturated rings. The maximum absolute atomic E-state index is 12.9. The number of nitrogens with zero attached hydrogens (tertiary/aromatic N) is 4. The summed E-state index contributed by atoms with van der Waals surface area (Å²) in [5, 5.41) is 0. The third kappa shape index (κ3) is 2.91. The van der Waals surface area contributed by atoms with E-state index >= 15 is 0 Å². The van der Waals surface area contributed by atoms with Gasteiger partial charge in [0.25, 0.3) is 0 Å². The van der Waals surface area contributed by atoms with E-state index in [4.69, 9.17) is 0 Å². The quantitative estimate of drug-likeness (QED) is 0.813. The number of hydrogen-bond acceptors (Lipinski definition) is 4. The summed E-state index contributed by atoms with van der Waals surface area (Å²) in [7, 11) is -1.68. The molecule has 130 valence electrons. The number of hydrogen-bond donors (Lipinski definition) is 0. The van der Waals surface area contributed by atoms with E-state index in [1.54, 1.807) is 23.1 Å². The SMILES string of the molecule is CC(=O)N1CCCN(S(=O)(=O)c2ccc3c(c2)nc(C)n3C)CC1. The van der Waals surface area contributed by atoms with Crippen molar-refractivity contribution in [2.75, 3.05) is 26.2 Å². The molecule has 2 aromatic rings. The molecule has 8 heteroatoms. The Morgan fingerprint density at radius 2 is 1.92 bits per heavy atom. The van der Waals surface area contributed by atoms with Gasteiger partial charge in [-0.1, -0.05) is 0 Å². The number of carbonyl (C=O) groups is 1. The molecule has 0 radical (unpaired) electrons. The Hall–Kier alpha value is -1.93. The van der Waals surface area contributed by atoms with Gasteiger partial charge in [0.05, 0.1) is 15.9 Å². The summed E-state index contributed by atoms with van der Waals surface area (Å²) >= 11 is 0. The molecule has 1 aliphatic rings. The zero-order valence-electron chi connectivity index (χ0n) is 14.2. The number of aryl methyl sites for hydroxylation is 2. The fourth-order valence-electron chi connectivity index (χ4n) is 3.06. The Morgan fingerprint density at radius 1 is 1.17 bits per heavy atom. The van der Waals surface area contributed by atoms with Crippen LogP contribution in [0.3, 0.4) is 0 Å². The molecule has 24 heavy (non-hydrogen) atoms. The standard InChI is InChI=1S/C16H22N4O3S/c1-12-17-15-11-14(5-6-16(15)18(12)3)24(22,23)20-8-4-7-19(9-10-20)13(2)21/h5-6,11H,4,7-10H2,1-3H3. The molecule has 0 unspecified atom stereocenters. The van der Waals surface area contributed by atoms with E-state index in [1.807, 2.05) is 18.5 Å². The van der Waals surface area contributed by atoms with E-state index < -0.39 is 10.0 Å². The van der Waals surface area contributed by atoms with Crippen molar-refractivity contribution in [3.8, 4) is 0 Å². The van der Waals surface area contributed by atoms with Gasteiger partial charge in [0.15, 0.2) is 0 Å². The van der Waals surface area contributed by atoms with Crippen molar-refractivity contribution >= 4 is 27.0 Å². The van der Waals surface area contributed by atoms with Crippen LogP contribution in [0.25, 0.3) is 11.0 Å². The molecule has 0 saturated carbocycles. The molecule has 1 aliphatic heterocycles. The summed E-state index contributed by atoms with van der Waals surface area (Å²) < 4.78 is 29.3. The van der Waals surface area contributed by atoms with Crippen LogP contribution < -0.4 is 0 Å². The van der Waals surface area contributed by atoms with Gasteiger partial charge in [-0.25, -0.2) is 13.4 Å². The fraction of sp³-hybridized carbons (Fsp3) is 0.500. The first-order valence-corrected chi connectivity index (χ1v) is 9.43. The topological polar surface area (TPSA) is 75.5 Å². The van der Waals surface area contributed by atoms with Crippen LogP contribution in [0.15, 0.2) is 23.1 Å². The molecule has 3 rings (SSSR count). The van der Waals surface area contributed by atoms with Gasteiger partial charge >= 0.3 is 0 Å². The molecule has 0 aliphatic carbocycles. The van der Waals surface area contributed by atoms with Crippen LogP contribution in [0.4, 0.5) is 0 Å². The molecular formula is C16H22N4O3S. The minimum atomic E-state index is -3.58. The molecule has 1 amide bonds. The Balaban J connectivity index is 1.91. The molecule has 0 bridgehead atoms. The van der Waals surface area contributed by atoms with Crippen molar-refractivity contribution < 1.29 is 13.2 Å². The van der Waals surface area contributed by atoms with Crippen LogP contribution in [0, 0.1) is 6.92 Å². The van der Waals surface area contributed by atoms with Crippen molar-refractivity contribution in [3.63, 3.8) is 0 Å². The van der Waals surface area contributed by atoms with Gasteiger partial charge in [0.1, 0.15) is 5.82 Å². The van der Waals surface area contributed by atoms with E-state index in [9.17, 15) is 13.2 Å². The third-order valence-electron chi connectivity index (χ3n) is 4.61. The number of imidazole rings is 1. The lowest BCUT2D eigenvalue weighted by molar-refractivity contribution is -0.128. The van der Waals surface area contributed by atoms with Crippen LogP contribution in [0.2, 0.25) is 0 Å². The van der Waals surface area contributed by atoms with E-state index in [1.165, 1.54) is 11.2 Å². The Bertz CT molecular complexity index is 888. The Kier molecular flexibility index (Phi) is 4.35. The Labute approximate surface area is 141 Å². The van der Waals surface area contributed by atoms with Crippen LogP contribution >= 0.6 is 0 Å². The summed E-state index contributed by atoms with van der Waals surface area (Å²) in [6.07, 6.45) is 0.643. The van der Waals surface area contributed by atoms with Crippen molar-refractivity contribution in [2.45, 2.75) is 25.2 Å². The highest BCUT2D eigenvalue weighted by molar-refractivity contribution is 7.89. The number of fused-ring (bicyclic) bond motifs is 1. The number of rotatable bonds is 2. The van der Waals surface area contributed by atoms with Gasteiger partial charge in [0.2, 0.25) is 15.9 Å². The lowest BCUT2D eigenvalue weighted by atomic mass is 10.3. The van der Waals surface area contributed by atoms with Crippen LogP contribution in [-0.2, 0) is 21.9 Å². The molecule has 0 atom stereocenters. The van der Waals surface area contributed by atoms with Crippen LogP contribution in [-0.4, -0.2) is 59.3 Å².